The summed E-state index contributed by atoms with van der Waals surface area (Å²) in [6.07, 6.45) is 0. The molecule has 0 atom stereocenters. The van der Waals surface area contributed by atoms with Gasteiger partial charge < -0.3 is 1.43 Å². The summed E-state index contributed by atoms with van der Waals surface area (Å²) in [7, 11) is 0. The van der Waals surface area contributed by atoms with Gasteiger partial charge in [-0.2, -0.15) is 0 Å². The van der Waals surface area contributed by atoms with Gasteiger partial charge in [-0.05, 0) is 0 Å². The third-order valence-electron chi connectivity index (χ3n) is 2.60. The van der Waals surface area contributed by atoms with Crippen molar-refractivity contribution < 1.29 is 31.0 Å². The Morgan fingerprint density at radius 2 is 0.714 bits per heavy atom. The Balaban J connectivity index is -0.000000720. The number of rotatable bonds is 0. The molecule has 0 aliphatic heterocycles. The maximum atomic E-state index is 2.36. The van der Waals surface area contributed by atoms with Gasteiger partial charge in [0.25, 0.3) is 0 Å². The second-order valence-corrected chi connectivity index (χ2v) is 7.53. The molecular weight excluding hydrogens is 178 g/mol. The smallest absolute Gasteiger partial charge is 1.00 e. The molecule has 0 saturated heterocycles. The average molecular weight is 206 g/mol. The largest absolute Gasteiger partial charge is 1.00 e. The van der Waals surface area contributed by atoms with Gasteiger partial charge in [0.15, 0.2) is 6.71 Å². The molecule has 0 fully saturated rings. The molecule has 0 amide bonds. The summed E-state index contributed by atoms with van der Waals surface area (Å²) in [6, 6.07) is 0. The van der Waals surface area contributed by atoms with E-state index in [1.807, 2.05) is 0 Å². The zero-order valence-corrected chi connectivity index (χ0v) is 14.1. The first-order valence-corrected chi connectivity index (χ1v) is 5.37. The molecule has 0 radical (unpaired) electrons. The van der Waals surface area contributed by atoms with Crippen molar-refractivity contribution >= 4 is 6.71 Å². The molecule has 0 saturated carbocycles. The van der Waals surface area contributed by atoms with Crippen molar-refractivity contribution in [3.05, 3.63) is 0 Å². The average Bonchev–Trinajstić information content (AvgIpc) is 1.44. The van der Waals surface area contributed by atoms with E-state index >= 15 is 0 Å². The predicted molar refractivity (Wildman–Crippen MR) is 66.0 cm³/mol. The minimum Gasteiger partial charge on any atom is -1.00 e. The molecule has 80 valence electrons. The summed E-state index contributed by atoms with van der Waals surface area (Å²) in [6.45, 7) is 21.9. The summed E-state index contributed by atoms with van der Waals surface area (Å²) in [5, 5.41) is 1.16. The summed E-state index contributed by atoms with van der Waals surface area (Å²) >= 11 is 0. The van der Waals surface area contributed by atoms with Crippen molar-refractivity contribution in [2.45, 2.75) is 78.3 Å². The molecule has 0 N–H and O–H groups in total. The quantitative estimate of drug-likeness (QED) is 0.532. The molecular formula is C12H28BNa. The van der Waals surface area contributed by atoms with Gasteiger partial charge in [0, 0.05) is 0 Å². The molecule has 0 aromatic carbocycles. The maximum absolute atomic E-state index is 2.36. The summed E-state index contributed by atoms with van der Waals surface area (Å²) in [4.78, 5) is 0. The Labute approximate surface area is 115 Å². The van der Waals surface area contributed by atoms with Crippen molar-refractivity contribution in [2.75, 3.05) is 0 Å². The zero-order chi connectivity index (χ0) is 11.1. The van der Waals surface area contributed by atoms with Crippen LogP contribution in [0.3, 0.4) is 0 Å². The van der Waals surface area contributed by atoms with Crippen LogP contribution in [0.4, 0.5) is 0 Å². The standard InChI is InChI=1S/C12H27B.Na.H/c1-10(2,3)13(11(4,5)6)12(7,8)9;;/h1-9H3;;/q;+1;-1. The first-order valence-electron chi connectivity index (χ1n) is 5.37. The van der Waals surface area contributed by atoms with Gasteiger partial charge in [0.1, 0.15) is 0 Å². The fourth-order valence-corrected chi connectivity index (χ4v) is 3.90. The summed E-state index contributed by atoms with van der Waals surface area (Å²) < 4.78 is 0. The normalized spacial score (nSPS) is 13.5. The monoisotopic (exact) mass is 206 g/mol. The van der Waals surface area contributed by atoms with Gasteiger partial charge >= 0.3 is 29.6 Å². The van der Waals surface area contributed by atoms with Crippen LogP contribution in [0.25, 0.3) is 0 Å². The van der Waals surface area contributed by atoms with E-state index in [1.165, 1.54) is 0 Å². The van der Waals surface area contributed by atoms with E-state index in [0.29, 0.717) is 15.9 Å². The van der Waals surface area contributed by atoms with Crippen molar-refractivity contribution in [2.24, 2.45) is 0 Å². The minimum atomic E-state index is 0. The third kappa shape index (κ3) is 5.23. The van der Waals surface area contributed by atoms with Crippen molar-refractivity contribution in [1.82, 2.24) is 0 Å². The van der Waals surface area contributed by atoms with E-state index in [2.05, 4.69) is 62.3 Å². The van der Waals surface area contributed by atoms with Gasteiger partial charge in [-0.3, -0.25) is 0 Å². The van der Waals surface area contributed by atoms with Crippen LogP contribution in [-0.2, 0) is 0 Å². The molecule has 0 nitrogen and oxygen atoms in total. The van der Waals surface area contributed by atoms with Crippen molar-refractivity contribution in [3.63, 3.8) is 0 Å². The van der Waals surface area contributed by atoms with E-state index in [1.54, 1.807) is 0 Å². The Morgan fingerprint density at radius 3 is 0.714 bits per heavy atom. The van der Waals surface area contributed by atoms with Crippen LogP contribution >= 0.6 is 0 Å². The van der Waals surface area contributed by atoms with E-state index in [9.17, 15) is 0 Å². The molecule has 0 aromatic rings. The molecule has 14 heavy (non-hydrogen) atoms. The van der Waals surface area contributed by atoms with E-state index in [0.717, 1.165) is 6.71 Å². The predicted octanol–water partition coefficient (Wildman–Crippen LogP) is 2.00. The van der Waals surface area contributed by atoms with Gasteiger partial charge in [-0.15, -0.1) is 0 Å². The molecule has 0 spiro atoms. The molecule has 0 aromatic heterocycles. The SMILES string of the molecule is CC(C)(C)B(C(C)(C)C)C(C)(C)C.[H-].[Na+]. The van der Waals surface area contributed by atoms with Crippen LogP contribution < -0.4 is 29.6 Å². The van der Waals surface area contributed by atoms with Crippen molar-refractivity contribution in [3.8, 4) is 0 Å². The first kappa shape index (κ1) is 17.5. The third-order valence-corrected chi connectivity index (χ3v) is 2.60. The Hall–Kier alpha value is 1.06. The van der Waals surface area contributed by atoms with Crippen LogP contribution in [-0.4, -0.2) is 6.71 Å². The fourth-order valence-electron chi connectivity index (χ4n) is 3.90. The van der Waals surface area contributed by atoms with Crippen LogP contribution in [0.15, 0.2) is 0 Å². The van der Waals surface area contributed by atoms with Gasteiger partial charge in [0.2, 0.25) is 0 Å². The molecule has 0 heterocycles. The molecule has 0 aliphatic rings. The maximum Gasteiger partial charge on any atom is 1.00 e. The van der Waals surface area contributed by atoms with Crippen LogP contribution in [0.2, 0.25) is 15.9 Å². The van der Waals surface area contributed by atoms with Crippen molar-refractivity contribution in [1.29, 1.82) is 0 Å². The van der Waals surface area contributed by atoms with E-state index in [4.69, 9.17) is 0 Å². The van der Waals surface area contributed by atoms with E-state index < -0.39 is 0 Å². The molecule has 2 heteroatoms. The Kier molecular flexibility index (Phi) is 6.15. The number of hydrogen-bond acceptors (Lipinski definition) is 0. The summed E-state index contributed by atoms with van der Waals surface area (Å²) in [5.74, 6) is 0. The minimum absolute atomic E-state index is 0. The summed E-state index contributed by atoms with van der Waals surface area (Å²) in [5.41, 5.74) is 0. The van der Waals surface area contributed by atoms with Crippen LogP contribution in [0.5, 0.6) is 0 Å². The second-order valence-electron chi connectivity index (χ2n) is 7.53. The number of hydrogen-bond donors (Lipinski definition) is 0. The van der Waals surface area contributed by atoms with Crippen LogP contribution in [0.1, 0.15) is 63.7 Å². The second kappa shape index (κ2) is 4.93. The molecule has 0 bridgehead atoms. The molecule has 0 unspecified atom stereocenters. The van der Waals surface area contributed by atoms with Crippen LogP contribution in [0, 0.1) is 0 Å². The Bertz CT molecular complexity index is 138. The van der Waals surface area contributed by atoms with Gasteiger partial charge in [-0.25, -0.2) is 0 Å². The zero-order valence-electron chi connectivity index (χ0n) is 13.1. The first-order chi connectivity index (χ1) is 5.37. The van der Waals surface area contributed by atoms with Gasteiger partial charge in [-0.1, -0.05) is 78.3 Å². The van der Waals surface area contributed by atoms with Gasteiger partial charge in [0.05, 0.1) is 0 Å². The molecule has 0 rings (SSSR count). The van der Waals surface area contributed by atoms with E-state index in [-0.39, 0.29) is 31.0 Å². The topological polar surface area (TPSA) is 0 Å². The Morgan fingerprint density at radius 1 is 0.571 bits per heavy atom. The molecule has 0 aliphatic carbocycles. The fraction of sp³-hybridized carbons (Fsp3) is 1.00.